The van der Waals surface area contributed by atoms with E-state index in [0.29, 0.717) is 11.8 Å². The highest BCUT2D eigenvalue weighted by molar-refractivity contribution is 8.13. The summed E-state index contributed by atoms with van der Waals surface area (Å²) in [5.41, 5.74) is 0. The lowest BCUT2D eigenvalue weighted by Gasteiger charge is -2.15. The van der Waals surface area contributed by atoms with Gasteiger partial charge >= 0.3 is 17.2 Å². The molecule has 0 rings (SSSR count). The molecule has 0 bridgehead atoms. The van der Waals surface area contributed by atoms with E-state index in [4.69, 9.17) is 5.11 Å². The van der Waals surface area contributed by atoms with Gasteiger partial charge in [0, 0.05) is 18.1 Å². The summed E-state index contributed by atoms with van der Waals surface area (Å²) < 4.78 is 9.10. The van der Waals surface area contributed by atoms with Crippen LogP contribution in [0.4, 0.5) is 4.79 Å². The summed E-state index contributed by atoms with van der Waals surface area (Å²) in [6.45, 7) is 4.32. The van der Waals surface area contributed by atoms with Gasteiger partial charge in [0.1, 0.15) is 6.04 Å². The van der Waals surface area contributed by atoms with Crippen molar-refractivity contribution in [2.75, 3.05) is 12.5 Å². The molecule has 1 amide bonds. The van der Waals surface area contributed by atoms with Gasteiger partial charge in [0.05, 0.1) is 0 Å². The van der Waals surface area contributed by atoms with Crippen molar-refractivity contribution < 1.29 is 33.8 Å². The topological polar surface area (TPSA) is 119 Å². The molecule has 0 fully saturated rings. The van der Waals surface area contributed by atoms with Gasteiger partial charge in [-0.05, 0) is 11.8 Å². The number of nitrogens with one attached hydrogen (secondary N) is 1. The van der Waals surface area contributed by atoms with Crippen molar-refractivity contribution in [1.29, 1.82) is 0 Å². The fourth-order valence-electron chi connectivity index (χ4n) is 0.951. The Morgan fingerprint density at radius 1 is 1.19 bits per heavy atom. The number of ether oxygens (including phenoxy) is 2. The van der Waals surface area contributed by atoms with E-state index in [1.54, 1.807) is 20.8 Å². The summed E-state index contributed by atoms with van der Waals surface area (Å²) in [4.78, 5) is 44.5. The summed E-state index contributed by atoms with van der Waals surface area (Å²) >= 11 is 0.578. The summed E-state index contributed by atoms with van der Waals surface area (Å²) in [7, 11) is 0. The highest BCUT2D eigenvalue weighted by Gasteiger charge is 2.23. The minimum Gasteiger partial charge on any atom is -0.480 e. The number of carbonyl (C=O) groups is 4. The Morgan fingerprint density at radius 3 is 2.29 bits per heavy atom. The van der Waals surface area contributed by atoms with Crippen LogP contribution >= 0.6 is 11.8 Å². The number of carboxylic acids is 1. The van der Waals surface area contributed by atoms with E-state index < -0.39 is 36.0 Å². The predicted molar refractivity (Wildman–Crippen MR) is 74.6 cm³/mol. The van der Waals surface area contributed by atoms with Crippen LogP contribution in [-0.4, -0.2) is 46.8 Å². The minimum absolute atomic E-state index is 0.160. The van der Waals surface area contributed by atoms with Gasteiger partial charge in [-0.15, -0.1) is 0 Å². The summed E-state index contributed by atoms with van der Waals surface area (Å²) in [5.74, 6) is -2.73. The molecule has 8 nitrogen and oxygen atoms in total. The van der Waals surface area contributed by atoms with E-state index in [1.165, 1.54) is 0 Å². The van der Waals surface area contributed by atoms with E-state index in [0.717, 1.165) is 0 Å². The molecule has 0 saturated carbocycles. The SMILES string of the molecule is CCC(=O)OCOC(=O)SC[C@H](NC(=O)C(C)C)C(=O)O. The van der Waals surface area contributed by atoms with Crippen LogP contribution in [0.3, 0.4) is 0 Å². The molecule has 2 N–H and O–H groups in total. The second-order valence-corrected chi connectivity index (χ2v) is 5.20. The molecular formula is C12H19NO7S. The molecule has 21 heavy (non-hydrogen) atoms. The molecule has 0 aliphatic rings. The summed E-state index contributed by atoms with van der Waals surface area (Å²) in [5, 5.41) is 10.5. The number of hydrogen-bond acceptors (Lipinski definition) is 7. The van der Waals surface area contributed by atoms with Crippen molar-refractivity contribution >= 4 is 34.9 Å². The van der Waals surface area contributed by atoms with Crippen LogP contribution in [-0.2, 0) is 23.9 Å². The zero-order chi connectivity index (χ0) is 16.4. The Morgan fingerprint density at radius 2 is 1.81 bits per heavy atom. The number of carboxylic acid groups (broad SMARTS) is 1. The number of rotatable bonds is 8. The molecule has 0 radical (unpaired) electrons. The van der Waals surface area contributed by atoms with Gasteiger partial charge in [-0.25, -0.2) is 9.59 Å². The first-order valence-electron chi connectivity index (χ1n) is 6.26. The standard InChI is InChI=1S/C12H19NO7S/c1-4-9(14)19-6-20-12(18)21-5-8(11(16)17)13-10(15)7(2)3/h7-8H,4-6H2,1-3H3,(H,13,15)(H,16,17)/t8-/m0/s1. The molecule has 120 valence electrons. The largest absolute Gasteiger partial charge is 0.480 e. The molecule has 0 heterocycles. The third kappa shape index (κ3) is 8.90. The highest BCUT2D eigenvalue weighted by atomic mass is 32.2. The van der Waals surface area contributed by atoms with E-state index in [2.05, 4.69) is 14.8 Å². The Balaban J connectivity index is 4.13. The van der Waals surface area contributed by atoms with Crippen molar-refractivity contribution in [1.82, 2.24) is 5.32 Å². The highest BCUT2D eigenvalue weighted by Crippen LogP contribution is 2.08. The zero-order valence-electron chi connectivity index (χ0n) is 12.1. The molecule has 9 heteroatoms. The Kier molecular flexibility index (Phi) is 9.18. The van der Waals surface area contributed by atoms with Crippen LogP contribution < -0.4 is 5.32 Å². The number of aliphatic carboxylic acids is 1. The van der Waals surface area contributed by atoms with Crippen molar-refractivity contribution in [2.45, 2.75) is 33.2 Å². The fraction of sp³-hybridized carbons (Fsp3) is 0.667. The molecule has 0 saturated heterocycles. The molecule has 0 aliphatic carbocycles. The normalized spacial score (nSPS) is 11.6. The van der Waals surface area contributed by atoms with Gasteiger partial charge in [0.2, 0.25) is 12.7 Å². The molecule has 0 aromatic rings. The van der Waals surface area contributed by atoms with Gasteiger partial charge in [-0.1, -0.05) is 20.8 Å². The number of amides is 1. The molecule has 0 aromatic carbocycles. The van der Waals surface area contributed by atoms with Crippen LogP contribution in [0.25, 0.3) is 0 Å². The summed E-state index contributed by atoms with van der Waals surface area (Å²) in [6.07, 6.45) is 0.160. The number of esters is 1. The monoisotopic (exact) mass is 321 g/mol. The maximum Gasteiger partial charge on any atom is 0.370 e. The fourth-order valence-corrected chi connectivity index (χ4v) is 1.61. The molecule has 0 spiro atoms. The first kappa shape index (κ1) is 19.2. The second kappa shape index (κ2) is 10.0. The first-order valence-corrected chi connectivity index (χ1v) is 7.24. The maximum atomic E-state index is 11.4. The average molecular weight is 321 g/mol. The lowest BCUT2D eigenvalue weighted by molar-refractivity contribution is -0.150. The third-order valence-electron chi connectivity index (χ3n) is 2.19. The van der Waals surface area contributed by atoms with Crippen molar-refractivity contribution in [3.05, 3.63) is 0 Å². The van der Waals surface area contributed by atoms with Crippen molar-refractivity contribution in [3.8, 4) is 0 Å². The molecular weight excluding hydrogens is 302 g/mol. The molecule has 0 aromatic heterocycles. The van der Waals surface area contributed by atoms with Gasteiger partial charge in [0.25, 0.3) is 0 Å². The van der Waals surface area contributed by atoms with Gasteiger partial charge < -0.3 is 19.9 Å². The predicted octanol–water partition coefficient (Wildman–Crippen LogP) is 0.992. The Labute approximate surface area is 126 Å². The molecule has 1 atom stereocenters. The summed E-state index contributed by atoms with van der Waals surface area (Å²) in [6, 6.07) is -1.20. The van der Waals surface area contributed by atoms with E-state index >= 15 is 0 Å². The maximum absolute atomic E-state index is 11.4. The van der Waals surface area contributed by atoms with E-state index in [-0.39, 0.29) is 18.1 Å². The van der Waals surface area contributed by atoms with Crippen molar-refractivity contribution in [2.24, 2.45) is 5.92 Å². The quantitative estimate of drug-likeness (QED) is 0.502. The average Bonchev–Trinajstić information content (AvgIpc) is 2.42. The van der Waals surface area contributed by atoms with Gasteiger partial charge in [-0.2, -0.15) is 0 Å². The van der Waals surface area contributed by atoms with Gasteiger partial charge in [-0.3, -0.25) is 9.59 Å². The third-order valence-corrected chi connectivity index (χ3v) is 3.05. The number of carbonyl (C=O) groups excluding carboxylic acids is 3. The zero-order valence-corrected chi connectivity index (χ0v) is 12.9. The van der Waals surface area contributed by atoms with Crippen LogP contribution in [0, 0.1) is 5.92 Å². The number of hydrogen-bond donors (Lipinski definition) is 2. The second-order valence-electron chi connectivity index (χ2n) is 4.25. The van der Waals surface area contributed by atoms with Crippen LogP contribution in [0.5, 0.6) is 0 Å². The van der Waals surface area contributed by atoms with Crippen LogP contribution in [0.1, 0.15) is 27.2 Å². The number of thioether (sulfide) groups is 1. The van der Waals surface area contributed by atoms with Crippen molar-refractivity contribution in [3.63, 3.8) is 0 Å². The Bertz CT molecular complexity index is 397. The molecule has 0 aliphatic heterocycles. The van der Waals surface area contributed by atoms with Crippen LogP contribution in [0.2, 0.25) is 0 Å². The smallest absolute Gasteiger partial charge is 0.370 e. The lowest BCUT2D eigenvalue weighted by atomic mass is 10.2. The molecule has 0 unspecified atom stereocenters. The van der Waals surface area contributed by atoms with E-state index in [9.17, 15) is 19.2 Å². The lowest BCUT2D eigenvalue weighted by Crippen LogP contribution is -2.44. The van der Waals surface area contributed by atoms with Crippen LogP contribution in [0.15, 0.2) is 0 Å². The minimum atomic E-state index is -1.25. The Hall–Kier alpha value is -1.77. The van der Waals surface area contributed by atoms with Gasteiger partial charge in [0.15, 0.2) is 0 Å². The first-order chi connectivity index (χ1) is 9.77. The van der Waals surface area contributed by atoms with E-state index in [1.807, 2.05) is 0 Å².